The molecule has 1 unspecified atom stereocenters. The average Bonchev–Trinajstić information content (AvgIpc) is 3.15. The zero-order valence-electron chi connectivity index (χ0n) is 19.6. The molecule has 0 radical (unpaired) electrons. The van der Waals surface area contributed by atoms with Crippen molar-refractivity contribution in [3.05, 3.63) is 65.5 Å². The minimum atomic E-state index is -0.0455. The highest BCUT2D eigenvalue weighted by Gasteiger charge is 2.33. The van der Waals surface area contributed by atoms with Gasteiger partial charge in [0.15, 0.2) is 17.3 Å². The molecule has 8 nitrogen and oxygen atoms in total. The Morgan fingerprint density at radius 1 is 0.882 bits per heavy atom. The molecule has 0 spiro atoms. The molecule has 1 saturated carbocycles. The summed E-state index contributed by atoms with van der Waals surface area (Å²) in [6.07, 6.45) is 5.22. The fourth-order valence-electron chi connectivity index (χ4n) is 5.36. The predicted molar refractivity (Wildman–Crippen MR) is 128 cm³/mol. The van der Waals surface area contributed by atoms with Crippen LogP contribution in [0.2, 0.25) is 0 Å². The number of hydrogen-bond donors (Lipinski definition) is 0. The predicted octanol–water partition coefficient (Wildman–Crippen LogP) is 3.14. The van der Waals surface area contributed by atoms with Crippen molar-refractivity contribution in [3.8, 4) is 11.5 Å². The van der Waals surface area contributed by atoms with Crippen LogP contribution in [0.1, 0.15) is 48.7 Å². The van der Waals surface area contributed by atoms with Gasteiger partial charge in [-0.15, -0.1) is 5.10 Å². The number of hydrogen-bond acceptors (Lipinski definition) is 7. The summed E-state index contributed by atoms with van der Waals surface area (Å²) < 4.78 is 13.7. The normalized spacial score (nSPS) is 20.5. The Labute approximate surface area is 200 Å². The van der Waals surface area contributed by atoms with Crippen molar-refractivity contribution in [2.45, 2.75) is 44.3 Å². The second-order valence-corrected chi connectivity index (χ2v) is 9.50. The van der Waals surface area contributed by atoms with Crippen LogP contribution in [0.4, 0.5) is 0 Å². The van der Waals surface area contributed by atoms with Crippen LogP contribution in [0.5, 0.6) is 11.5 Å². The monoisotopic (exact) mass is 460 g/mol. The lowest BCUT2D eigenvalue weighted by Crippen LogP contribution is -2.42. The molecular weight excluding hydrogens is 428 g/mol. The molecule has 1 aromatic heterocycles. The van der Waals surface area contributed by atoms with Gasteiger partial charge in [0.05, 0.1) is 12.6 Å². The molecule has 2 fully saturated rings. The zero-order chi connectivity index (χ0) is 22.7. The maximum absolute atomic E-state index is 5.93. The molecule has 2 aromatic carbocycles. The van der Waals surface area contributed by atoms with Gasteiger partial charge >= 0.3 is 0 Å². The average molecular weight is 461 g/mol. The topological polar surface area (TPSA) is 68.5 Å². The highest BCUT2D eigenvalue weighted by molar-refractivity contribution is 5.45. The van der Waals surface area contributed by atoms with E-state index < -0.39 is 0 Å². The van der Waals surface area contributed by atoms with E-state index in [2.05, 4.69) is 61.7 Å². The van der Waals surface area contributed by atoms with Crippen LogP contribution in [0.15, 0.2) is 48.5 Å². The van der Waals surface area contributed by atoms with Gasteiger partial charge in [0.2, 0.25) is 0 Å². The molecule has 178 valence electrons. The van der Waals surface area contributed by atoms with E-state index in [-0.39, 0.29) is 6.04 Å². The summed E-state index contributed by atoms with van der Waals surface area (Å²) in [5.74, 6) is 2.49. The lowest BCUT2D eigenvalue weighted by Gasteiger charge is -2.37. The van der Waals surface area contributed by atoms with Crippen LogP contribution in [-0.4, -0.2) is 75.4 Å². The highest BCUT2D eigenvalue weighted by atomic mass is 16.6. The standard InChI is InChI=1S/C26H32N6O2/c1-2-6-20(7-3-1)19-32-26(27-28-29-32)25(21-10-11-23-24(18-21)34-17-16-33-23)31-13-5-12-30(14-15-31)22-8-4-9-22/h1-3,6-7,10-11,18,22,25H,4-5,8-9,12-17,19H2. The van der Waals surface area contributed by atoms with Gasteiger partial charge in [-0.2, -0.15) is 0 Å². The molecule has 34 heavy (non-hydrogen) atoms. The van der Waals surface area contributed by atoms with Crippen molar-refractivity contribution in [1.29, 1.82) is 0 Å². The molecule has 3 aromatic rings. The van der Waals surface area contributed by atoms with E-state index in [9.17, 15) is 0 Å². The second kappa shape index (κ2) is 9.72. The first-order chi connectivity index (χ1) is 16.8. The van der Waals surface area contributed by atoms with E-state index >= 15 is 0 Å². The third-order valence-corrected chi connectivity index (χ3v) is 7.38. The summed E-state index contributed by atoms with van der Waals surface area (Å²) in [5.41, 5.74) is 2.33. The fraction of sp³-hybridized carbons (Fsp3) is 0.500. The van der Waals surface area contributed by atoms with Crippen LogP contribution in [0.25, 0.3) is 0 Å². The molecule has 0 N–H and O–H groups in total. The smallest absolute Gasteiger partial charge is 0.173 e. The number of aromatic nitrogens is 4. The summed E-state index contributed by atoms with van der Waals surface area (Å²) in [6.45, 7) is 6.08. The first-order valence-electron chi connectivity index (χ1n) is 12.5. The molecule has 1 aliphatic carbocycles. The summed E-state index contributed by atoms with van der Waals surface area (Å²) in [6, 6.07) is 17.4. The Kier molecular flexibility index (Phi) is 6.16. The summed E-state index contributed by atoms with van der Waals surface area (Å²) in [7, 11) is 0. The number of benzene rings is 2. The molecule has 3 aliphatic rings. The van der Waals surface area contributed by atoms with Gasteiger partial charge in [-0.05, 0) is 59.5 Å². The first kappa shape index (κ1) is 21.6. The highest BCUT2D eigenvalue weighted by Crippen LogP contribution is 2.37. The van der Waals surface area contributed by atoms with E-state index in [1.165, 1.54) is 31.4 Å². The molecule has 2 aliphatic heterocycles. The van der Waals surface area contributed by atoms with E-state index in [4.69, 9.17) is 9.47 Å². The molecule has 3 heterocycles. The van der Waals surface area contributed by atoms with Gasteiger partial charge in [0, 0.05) is 25.7 Å². The fourth-order valence-corrected chi connectivity index (χ4v) is 5.36. The third kappa shape index (κ3) is 4.40. The Morgan fingerprint density at radius 3 is 2.56 bits per heavy atom. The van der Waals surface area contributed by atoms with E-state index in [0.29, 0.717) is 19.8 Å². The third-order valence-electron chi connectivity index (χ3n) is 7.38. The van der Waals surface area contributed by atoms with Crippen molar-refractivity contribution < 1.29 is 9.47 Å². The van der Waals surface area contributed by atoms with E-state index in [1.54, 1.807) is 0 Å². The quantitative estimate of drug-likeness (QED) is 0.560. The summed E-state index contributed by atoms with van der Waals surface area (Å²) >= 11 is 0. The lowest BCUT2D eigenvalue weighted by molar-refractivity contribution is 0.127. The number of tetrazole rings is 1. The zero-order valence-corrected chi connectivity index (χ0v) is 19.6. The second-order valence-electron chi connectivity index (χ2n) is 9.50. The molecular formula is C26H32N6O2. The summed E-state index contributed by atoms with van der Waals surface area (Å²) in [5, 5.41) is 13.1. The van der Waals surface area contributed by atoms with Crippen LogP contribution in [-0.2, 0) is 6.54 Å². The van der Waals surface area contributed by atoms with Gasteiger partial charge in [-0.25, -0.2) is 4.68 Å². The Hall–Kier alpha value is -2.97. The maximum atomic E-state index is 5.93. The van der Waals surface area contributed by atoms with E-state index in [0.717, 1.165) is 55.0 Å². The van der Waals surface area contributed by atoms with Gasteiger partial charge < -0.3 is 9.47 Å². The first-order valence-corrected chi connectivity index (χ1v) is 12.5. The van der Waals surface area contributed by atoms with E-state index in [1.807, 2.05) is 16.8 Å². The molecule has 0 bridgehead atoms. The molecule has 1 atom stereocenters. The van der Waals surface area contributed by atoms with Crippen molar-refractivity contribution in [3.63, 3.8) is 0 Å². The minimum absolute atomic E-state index is 0.0455. The molecule has 6 rings (SSSR count). The summed E-state index contributed by atoms with van der Waals surface area (Å²) in [4.78, 5) is 5.24. The van der Waals surface area contributed by atoms with Crippen LogP contribution >= 0.6 is 0 Å². The molecule has 8 heteroatoms. The lowest BCUT2D eigenvalue weighted by atomic mass is 9.91. The van der Waals surface area contributed by atoms with Crippen molar-refractivity contribution in [1.82, 2.24) is 30.0 Å². The van der Waals surface area contributed by atoms with Crippen molar-refractivity contribution >= 4 is 0 Å². The Bertz CT molecular complexity index is 1100. The molecule has 0 amide bonds. The van der Waals surface area contributed by atoms with Gasteiger partial charge in [0.25, 0.3) is 0 Å². The molecule has 1 saturated heterocycles. The van der Waals surface area contributed by atoms with Crippen molar-refractivity contribution in [2.24, 2.45) is 0 Å². The number of nitrogens with zero attached hydrogens (tertiary/aromatic N) is 6. The maximum Gasteiger partial charge on any atom is 0.173 e. The Morgan fingerprint density at radius 2 is 1.74 bits per heavy atom. The minimum Gasteiger partial charge on any atom is -0.486 e. The van der Waals surface area contributed by atoms with Crippen LogP contribution < -0.4 is 9.47 Å². The van der Waals surface area contributed by atoms with Gasteiger partial charge in [-0.1, -0.05) is 42.8 Å². The van der Waals surface area contributed by atoms with Gasteiger partial charge in [-0.3, -0.25) is 9.80 Å². The SMILES string of the molecule is c1ccc(Cn2nnnc2C(c2ccc3c(c2)OCCO3)N2CCCN(C3CCC3)CC2)cc1. The Balaban J connectivity index is 1.33. The number of rotatable bonds is 6. The van der Waals surface area contributed by atoms with Gasteiger partial charge in [0.1, 0.15) is 13.2 Å². The number of ether oxygens (including phenoxy) is 2. The van der Waals surface area contributed by atoms with Crippen LogP contribution in [0, 0.1) is 0 Å². The van der Waals surface area contributed by atoms with Crippen molar-refractivity contribution in [2.75, 3.05) is 39.4 Å². The largest absolute Gasteiger partial charge is 0.486 e. The van der Waals surface area contributed by atoms with Crippen LogP contribution in [0.3, 0.4) is 0 Å². The number of fused-ring (bicyclic) bond motifs is 1.